The van der Waals surface area contributed by atoms with Gasteiger partial charge in [0.1, 0.15) is 0 Å². The van der Waals surface area contributed by atoms with Gasteiger partial charge in [-0.2, -0.15) is 0 Å². The van der Waals surface area contributed by atoms with Gasteiger partial charge in [0.15, 0.2) is 23.3 Å². The lowest BCUT2D eigenvalue weighted by atomic mass is 10.3. The molecule has 0 spiro atoms. The van der Waals surface area contributed by atoms with Gasteiger partial charge in [-0.1, -0.05) is 6.92 Å². The van der Waals surface area contributed by atoms with Crippen molar-refractivity contribution in [2.24, 2.45) is 0 Å². The quantitative estimate of drug-likeness (QED) is 0.820. The maximum Gasteiger partial charge on any atom is 0.168 e. The molecule has 0 unspecified atom stereocenters. The lowest BCUT2D eigenvalue weighted by Crippen LogP contribution is -2.11. The van der Waals surface area contributed by atoms with Crippen LogP contribution in [0.15, 0.2) is 11.4 Å². The number of pyridine rings is 1. The van der Waals surface area contributed by atoms with Crippen LogP contribution in [-0.2, 0) is 6.42 Å². The maximum atomic E-state index is 13.7. The smallest absolute Gasteiger partial charge is 0.168 e. The van der Waals surface area contributed by atoms with Gasteiger partial charge in [-0.15, -0.1) is 11.3 Å². The van der Waals surface area contributed by atoms with Gasteiger partial charge in [0.25, 0.3) is 0 Å². The number of nitrogens with one attached hydrogen (secondary N) is 2. The molecule has 2 N–H and O–H groups in total. The molecule has 2 aromatic rings. The third kappa shape index (κ3) is 4.35. The summed E-state index contributed by atoms with van der Waals surface area (Å²) in [5, 5.41) is 8.68. The Labute approximate surface area is 126 Å². The van der Waals surface area contributed by atoms with Crippen LogP contribution in [0.5, 0.6) is 0 Å². The van der Waals surface area contributed by atoms with Crippen LogP contribution in [0.4, 0.5) is 20.4 Å². The van der Waals surface area contributed by atoms with Crippen LogP contribution in [0, 0.1) is 18.6 Å². The highest BCUT2D eigenvalue weighted by molar-refractivity contribution is 7.09. The Morgan fingerprint density at radius 1 is 1.10 bits per heavy atom. The molecular weight excluding hydrogens is 294 g/mol. The largest absolute Gasteiger partial charge is 0.368 e. The molecule has 0 aliphatic heterocycles. The zero-order chi connectivity index (χ0) is 15.2. The molecule has 0 atom stereocenters. The minimum Gasteiger partial charge on any atom is -0.368 e. The molecule has 0 fully saturated rings. The average molecular weight is 312 g/mol. The number of nitrogens with zero attached hydrogens (tertiary/aromatic N) is 2. The zero-order valence-corrected chi connectivity index (χ0v) is 12.9. The Hall–Kier alpha value is -1.76. The molecule has 0 saturated heterocycles. The van der Waals surface area contributed by atoms with Gasteiger partial charge in [-0.25, -0.2) is 18.7 Å². The molecule has 2 heterocycles. The SMILES string of the molecule is CCCNc1nc(NCCc2nc(C)cs2)c(F)cc1F. The van der Waals surface area contributed by atoms with Crippen molar-refractivity contribution in [1.29, 1.82) is 0 Å². The molecule has 7 heteroatoms. The van der Waals surface area contributed by atoms with Gasteiger partial charge >= 0.3 is 0 Å². The van der Waals surface area contributed by atoms with Crippen LogP contribution in [0.2, 0.25) is 0 Å². The monoisotopic (exact) mass is 312 g/mol. The lowest BCUT2D eigenvalue weighted by Gasteiger charge is -2.10. The lowest BCUT2D eigenvalue weighted by molar-refractivity contribution is 0.577. The van der Waals surface area contributed by atoms with E-state index in [2.05, 4.69) is 20.6 Å². The molecular formula is C14H18F2N4S. The zero-order valence-electron chi connectivity index (χ0n) is 12.0. The molecule has 0 saturated carbocycles. The first-order chi connectivity index (χ1) is 10.1. The minimum absolute atomic E-state index is 0.0586. The van der Waals surface area contributed by atoms with Crippen molar-refractivity contribution in [2.75, 3.05) is 23.7 Å². The van der Waals surface area contributed by atoms with Crippen LogP contribution >= 0.6 is 11.3 Å². The fourth-order valence-electron chi connectivity index (χ4n) is 1.76. The Kier molecular flexibility index (Phi) is 5.44. The van der Waals surface area contributed by atoms with E-state index >= 15 is 0 Å². The standard InChI is InChI=1S/C14H18F2N4S/c1-3-5-17-13-10(15)7-11(16)14(20-13)18-6-4-12-19-9(2)8-21-12/h7-8H,3-6H2,1-2H3,(H2,17,18,20). The van der Waals surface area contributed by atoms with Gasteiger partial charge in [0, 0.05) is 36.7 Å². The molecule has 0 amide bonds. The average Bonchev–Trinajstić information content (AvgIpc) is 2.85. The van der Waals surface area contributed by atoms with Crippen molar-refractivity contribution in [2.45, 2.75) is 26.7 Å². The van der Waals surface area contributed by atoms with Gasteiger partial charge in [0.2, 0.25) is 0 Å². The summed E-state index contributed by atoms with van der Waals surface area (Å²) in [6.45, 7) is 4.98. The van der Waals surface area contributed by atoms with E-state index in [0.29, 0.717) is 19.5 Å². The van der Waals surface area contributed by atoms with Crippen molar-refractivity contribution in [3.05, 3.63) is 33.8 Å². The maximum absolute atomic E-state index is 13.7. The van der Waals surface area contributed by atoms with Gasteiger partial charge < -0.3 is 10.6 Å². The Morgan fingerprint density at radius 2 is 1.76 bits per heavy atom. The number of thiazole rings is 1. The summed E-state index contributed by atoms with van der Waals surface area (Å²) in [5.41, 5.74) is 0.979. The van der Waals surface area contributed by atoms with Gasteiger partial charge in [0.05, 0.1) is 5.01 Å². The van der Waals surface area contributed by atoms with E-state index < -0.39 is 11.6 Å². The molecule has 2 rings (SSSR count). The molecule has 4 nitrogen and oxygen atoms in total. The molecule has 21 heavy (non-hydrogen) atoms. The Morgan fingerprint density at radius 3 is 2.33 bits per heavy atom. The summed E-state index contributed by atoms with van der Waals surface area (Å²) >= 11 is 1.57. The second-order valence-corrected chi connectivity index (χ2v) is 5.58. The Bertz CT molecular complexity index is 601. The number of halogens is 2. The first-order valence-electron chi connectivity index (χ1n) is 6.85. The van der Waals surface area contributed by atoms with Crippen molar-refractivity contribution < 1.29 is 8.78 Å². The summed E-state index contributed by atoms with van der Waals surface area (Å²) < 4.78 is 27.2. The van der Waals surface area contributed by atoms with Gasteiger partial charge in [-0.05, 0) is 13.3 Å². The second kappa shape index (κ2) is 7.31. The van der Waals surface area contributed by atoms with Crippen molar-refractivity contribution in [3.8, 4) is 0 Å². The third-order valence-corrected chi connectivity index (χ3v) is 3.80. The molecule has 114 valence electrons. The normalized spacial score (nSPS) is 10.7. The van der Waals surface area contributed by atoms with Crippen molar-refractivity contribution in [1.82, 2.24) is 9.97 Å². The number of hydrogen-bond acceptors (Lipinski definition) is 5. The Balaban J connectivity index is 1.98. The summed E-state index contributed by atoms with van der Waals surface area (Å²) in [5.74, 6) is -1.24. The third-order valence-electron chi connectivity index (χ3n) is 2.77. The van der Waals surface area contributed by atoms with E-state index in [1.54, 1.807) is 11.3 Å². The van der Waals surface area contributed by atoms with E-state index in [0.717, 1.165) is 23.2 Å². The second-order valence-electron chi connectivity index (χ2n) is 4.64. The molecule has 0 aliphatic rings. The number of hydrogen-bond donors (Lipinski definition) is 2. The van der Waals surface area contributed by atoms with Crippen LogP contribution in [0.1, 0.15) is 24.0 Å². The number of anilines is 2. The highest BCUT2D eigenvalue weighted by Gasteiger charge is 2.11. The molecule has 2 aromatic heterocycles. The van der Waals surface area contributed by atoms with Crippen LogP contribution < -0.4 is 10.6 Å². The van der Waals surface area contributed by atoms with Gasteiger partial charge in [-0.3, -0.25) is 0 Å². The molecule has 0 radical (unpaired) electrons. The minimum atomic E-state index is -0.690. The summed E-state index contributed by atoms with van der Waals surface area (Å²) in [6.07, 6.45) is 1.51. The van der Waals surface area contributed by atoms with Crippen LogP contribution in [0.3, 0.4) is 0 Å². The van der Waals surface area contributed by atoms with E-state index in [9.17, 15) is 8.78 Å². The van der Waals surface area contributed by atoms with E-state index in [-0.39, 0.29) is 11.6 Å². The summed E-state index contributed by atoms with van der Waals surface area (Å²) in [6, 6.07) is 0.848. The first-order valence-corrected chi connectivity index (χ1v) is 7.73. The van der Waals surface area contributed by atoms with E-state index in [1.165, 1.54) is 0 Å². The number of aryl methyl sites for hydroxylation is 1. The molecule has 0 aliphatic carbocycles. The first kappa shape index (κ1) is 15.6. The van der Waals surface area contributed by atoms with E-state index in [4.69, 9.17) is 0 Å². The topological polar surface area (TPSA) is 49.8 Å². The fraction of sp³-hybridized carbons (Fsp3) is 0.429. The molecule has 0 bridgehead atoms. The number of aromatic nitrogens is 2. The predicted octanol–water partition coefficient (Wildman–Crippen LogP) is 3.60. The van der Waals surface area contributed by atoms with Crippen molar-refractivity contribution >= 4 is 23.0 Å². The van der Waals surface area contributed by atoms with Crippen LogP contribution in [-0.4, -0.2) is 23.1 Å². The van der Waals surface area contributed by atoms with Crippen molar-refractivity contribution in [3.63, 3.8) is 0 Å². The fourth-order valence-corrected chi connectivity index (χ4v) is 2.54. The number of rotatable bonds is 7. The summed E-state index contributed by atoms with van der Waals surface area (Å²) in [4.78, 5) is 8.28. The highest BCUT2D eigenvalue weighted by Crippen LogP contribution is 2.19. The van der Waals surface area contributed by atoms with Crippen LogP contribution in [0.25, 0.3) is 0 Å². The molecule has 0 aromatic carbocycles. The van der Waals surface area contributed by atoms with E-state index in [1.807, 2.05) is 19.2 Å². The predicted molar refractivity (Wildman–Crippen MR) is 82.0 cm³/mol. The summed E-state index contributed by atoms with van der Waals surface area (Å²) in [7, 11) is 0. The highest BCUT2D eigenvalue weighted by atomic mass is 32.1.